The van der Waals surface area contributed by atoms with E-state index < -0.39 is 0 Å². The SMILES string of the molecule is NC1COCC12CCN(c1ccc(Sc3cccc(Cl)c3Cl)c3ncnn13)CC2. The van der Waals surface area contributed by atoms with Gasteiger partial charge in [0.15, 0.2) is 5.65 Å². The van der Waals surface area contributed by atoms with E-state index in [4.69, 9.17) is 33.7 Å². The second kappa shape index (κ2) is 7.63. The van der Waals surface area contributed by atoms with Gasteiger partial charge in [0.05, 0.1) is 28.2 Å². The van der Waals surface area contributed by atoms with Crippen molar-refractivity contribution in [2.24, 2.45) is 11.1 Å². The minimum atomic E-state index is 0.122. The van der Waals surface area contributed by atoms with Crippen LogP contribution in [0.4, 0.5) is 5.82 Å². The number of rotatable bonds is 3. The van der Waals surface area contributed by atoms with E-state index in [-0.39, 0.29) is 11.5 Å². The number of ether oxygens (including phenoxy) is 1. The van der Waals surface area contributed by atoms with Crippen molar-refractivity contribution >= 4 is 46.4 Å². The van der Waals surface area contributed by atoms with Crippen molar-refractivity contribution in [2.75, 3.05) is 31.2 Å². The summed E-state index contributed by atoms with van der Waals surface area (Å²) in [7, 11) is 0. The van der Waals surface area contributed by atoms with Gasteiger partial charge in [-0.05, 0) is 37.1 Å². The van der Waals surface area contributed by atoms with E-state index in [0.29, 0.717) is 16.7 Å². The van der Waals surface area contributed by atoms with Crippen LogP contribution in [0.5, 0.6) is 0 Å². The van der Waals surface area contributed by atoms with Crippen LogP contribution in [-0.2, 0) is 4.74 Å². The van der Waals surface area contributed by atoms with Gasteiger partial charge in [0.25, 0.3) is 0 Å². The van der Waals surface area contributed by atoms with E-state index in [1.807, 2.05) is 16.6 Å². The molecule has 2 saturated heterocycles. The molecule has 29 heavy (non-hydrogen) atoms. The highest BCUT2D eigenvalue weighted by Gasteiger charge is 2.44. The van der Waals surface area contributed by atoms with Crippen LogP contribution in [0, 0.1) is 5.41 Å². The summed E-state index contributed by atoms with van der Waals surface area (Å²) in [4.78, 5) is 8.73. The first-order chi connectivity index (χ1) is 14.1. The van der Waals surface area contributed by atoms with Gasteiger partial charge in [-0.1, -0.05) is 41.0 Å². The molecule has 2 N–H and O–H groups in total. The summed E-state index contributed by atoms with van der Waals surface area (Å²) >= 11 is 14.1. The number of nitrogens with zero attached hydrogens (tertiary/aromatic N) is 4. The van der Waals surface area contributed by atoms with Gasteiger partial charge in [-0.2, -0.15) is 9.61 Å². The number of aromatic nitrogens is 3. The minimum Gasteiger partial charge on any atom is -0.379 e. The molecule has 0 bridgehead atoms. The molecule has 0 radical (unpaired) electrons. The molecule has 3 aromatic rings. The Morgan fingerprint density at radius 3 is 2.72 bits per heavy atom. The first-order valence-electron chi connectivity index (χ1n) is 9.60. The van der Waals surface area contributed by atoms with Gasteiger partial charge in [-0.15, -0.1) is 0 Å². The van der Waals surface area contributed by atoms with Crippen LogP contribution in [0.1, 0.15) is 12.8 Å². The maximum atomic E-state index is 6.37. The molecule has 0 aliphatic carbocycles. The Balaban J connectivity index is 1.42. The Kier molecular flexibility index (Phi) is 5.12. The van der Waals surface area contributed by atoms with E-state index >= 15 is 0 Å². The normalized spacial score (nSPS) is 21.3. The maximum absolute atomic E-state index is 6.37. The van der Waals surface area contributed by atoms with Crippen molar-refractivity contribution in [2.45, 2.75) is 28.7 Å². The van der Waals surface area contributed by atoms with E-state index in [9.17, 15) is 0 Å². The second-order valence-electron chi connectivity index (χ2n) is 7.68. The number of nitrogens with two attached hydrogens (primary N) is 1. The van der Waals surface area contributed by atoms with Crippen molar-refractivity contribution in [3.05, 3.63) is 46.7 Å². The van der Waals surface area contributed by atoms with Gasteiger partial charge in [-0.25, -0.2) is 4.98 Å². The zero-order chi connectivity index (χ0) is 20.0. The van der Waals surface area contributed by atoms with Crippen molar-refractivity contribution in [1.82, 2.24) is 14.6 Å². The van der Waals surface area contributed by atoms with Crippen LogP contribution in [0.2, 0.25) is 10.0 Å². The number of hydrogen-bond acceptors (Lipinski definition) is 6. The van der Waals surface area contributed by atoms with Crippen LogP contribution in [-0.4, -0.2) is 46.9 Å². The van der Waals surface area contributed by atoms with Crippen molar-refractivity contribution in [1.29, 1.82) is 0 Å². The molecule has 2 aromatic heterocycles. The molecule has 1 unspecified atom stereocenters. The molecule has 6 nitrogen and oxygen atoms in total. The molecule has 0 saturated carbocycles. The molecule has 1 aromatic carbocycles. The van der Waals surface area contributed by atoms with E-state index in [1.165, 1.54) is 0 Å². The number of hydrogen-bond donors (Lipinski definition) is 1. The average molecular weight is 450 g/mol. The highest BCUT2D eigenvalue weighted by Crippen LogP contribution is 2.41. The predicted molar refractivity (Wildman–Crippen MR) is 116 cm³/mol. The van der Waals surface area contributed by atoms with E-state index in [1.54, 1.807) is 24.2 Å². The summed E-state index contributed by atoms with van der Waals surface area (Å²) < 4.78 is 7.55. The first-order valence-corrected chi connectivity index (χ1v) is 11.2. The lowest BCUT2D eigenvalue weighted by Gasteiger charge is -2.41. The smallest absolute Gasteiger partial charge is 0.171 e. The standard InChI is InChI=1S/C20H21Cl2N5OS/c21-13-2-1-3-14(18(13)22)29-15-4-5-17(27-19(15)24-12-25-27)26-8-6-20(7-9-26)11-28-10-16(20)23/h1-5,12,16H,6-11,23H2. The fraction of sp³-hybridized carbons (Fsp3) is 0.400. The molecule has 9 heteroatoms. The summed E-state index contributed by atoms with van der Waals surface area (Å²) in [5, 5.41) is 5.58. The number of halogens is 2. The Hall–Kier alpha value is -1.51. The molecule has 1 atom stereocenters. The summed E-state index contributed by atoms with van der Waals surface area (Å²) in [6, 6.07) is 9.96. The van der Waals surface area contributed by atoms with Crippen LogP contribution in [0.25, 0.3) is 5.65 Å². The molecule has 1 spiro atoms. The molecule has 152 valence electrons. The lowest BCUT2D eigenvalue weighted by atomic mass is 9.75. The van der Waals surface area contributed by atoms with Crippen LogP contribution < -0.4 is 10.6 Å². The maximum Gasteiger partial charge on any atom is 0.171 e. The van der Waals surface area contributed by atoms with E-state index in [2.05, 4.69) is 27.1 Å². The van der Waals surface area contributed by atoms with Crippen molar-refractivity contribution in [3.8, 4) is 0 Å². The third-order valence-electron chi connectivity index (χ3n) is 6.06. The van der Waals surface area contributed by atoms with Crippen molar-refractivity contribution in [3.63, 3.8) is 0 Å². The number of piperidine rings is 1. The van der Waals surface area contributed by atoms with Gasteiger partial charge in [0, 0.05) is 29.4 Å². The minimum absolute atomic E-state index is 0.122. The monoisotopic (exact) mass is 449 g/mol. The summed E-state index contributed by atoms with van der Waals surface area (Å²) in [6.07, 6.45) is 3.65. The van der Waals surface area contributed by atoms with E-state index in [0.717, 1.165) is 53.8 Å². The molecule has 4 heterocycles. The van der Waals surface area contributed by atoms with Gasteiger partial charge >= 0.3 is 0 Å². The molecule has 5 rings (SSSR count). The van der Waals surface area contributed by atoms with Gasteiger partial charge in [-0.3, -0.25) is 0 Å². The summed E-state index contributed by atoms with van der Waals surface area (Å²) in [5.41, 5.74) is 7.26. The largest absolute Gasteiger partial charge is 0.379 e. The van der Waals surface area contributed by atoms with Crippen LogP contribution in [0.3, 0.4) is 0 Å². The first kappa shape index (κ1) is 19.5. The number of benzene rings is 1. The zero-order valence-corrected chi connectivity index (χ0v) is 18.1. The Morgan fingerprint density at radius 2 is 1.97 bits per heavy atom. The molecule has 2 aliphatic heterocycles. The predicted octanol–water partition coefficient (Wildman–Crippen LogP) is 4.13. The lowest BCUT2D eigenvalue weighted by Crippen LogP contribution is -2.49. The second-order valence-corrected chi connectivity index (χ2v) is 9.55. The Bertz CT molecular complexity index is 1050. The molecular formula is C20H21Cl2N5OS. The zero-order valence-electron chi connectivity index (χ0n) is 15.7. The highest BCUT2D eigenvalue weighted by molar-refractivity contribution is 7.99. The topological polar surface area (TPSA) is 68.7 Å². The molecule has 0 amide bonds. The van der Waals surface area contributed by atoms with Gasteiger partial charge in [0.1, 0.15) is 12.1 Å². The summed E-state index contributed by atoms with van der Waals surface area (Å²) in [6.45, 7) is 3.30. The Morgan fingerprint density at radius 1 is 1.14 bits per heavy atom. The van der Waals surface area contributed by atoms with Crippen LogP contribution >= 0.6 is 35.0 Å². The summed E-state index contributed by atoms with van der Waals surface area (Å²) in [5.74, 6) is 1.04. The van der Waals surface area contributed by atoms with Crippen molar-refractivity contribution < 1.29 is 4.74 Å². The number of anilines is 1. The Labute approximate surface area is 183 Å². The fourth-order valence-electron chi connectivity index (χ4n) is 4.24. The fourth-order valence-corrected chi connectivity index (χ4v) is 5.66. The average Bonchev–Trinajstić information content (AvgIpc) is 3.35. The lowest BCUT2D eigenvalue weighted by molar-refractivity contribution is 0.131. The molecular weight excluding hydrogens is 429 g/mol. The third-order valence-corrected chi connectivity index (χ3v) is 8.09. The third kappa shape index (κ3) is 3.39. The number of fused-ring (bicyclic) bond motifs is 1. The van der Waals surface area contributed by atoms with Crippen LogP contribution in [0.15, 0.2) is 46.5 Å². The molecule has 2 fully saturated rings. The highest BCUT2D eigenvalue weighted by atomic mass is 35.5. The van der Waals surface area contributed by atoms with Gasteiger partial charge in [0.2, 0.25) is 0 Å². The number of pyridine rings is 1. The quantitative estimate of drug-likeness (QED) is 0.647. The van der Waals surface area contributed by atoms with Gasteiger partial charge < -0.3 is 15.4 Å². The molecule has 2 aliphatic rings.